The van der Waals surface area contributed by atoms with E-state index in [2.05, 4.69) is 17.9 Å². The monoisotopic (exact) mass is 228 g/mol. The van der Waals surface area contributed by atoms with Gasteiger partial charge in [-0.15, -0.1) is 0 Å². The topological polar surface area (TPSA) is 72.8 Å². The highest BCUT2D eigenvalue weighted by Crippen LogP contribution is 1.95. The fourth-order valence-corrected chi connectivity index (χ4v) is 0.698. The Morgan fingerprint density at radius 2 is 2.06 bits per heavy atom. The molecule has 0 aromatic carbocycles. The van der Waals surface area contributed by atoms with Gasteiger partial charge in [-0.2, -0.15) is 0 Å². The molecule has 0 fully saturated rings. The van der Waals surface area contributed by atoms with E-state index < -0.39 is 12.1 Å². The molecule has 1 N–H and O–H groups in total. The number of carbonyl (C=O) groups excluding carboxylic acids is 2. The second-order valence-electron chi connectivity index (χ2n) is 3.22. The average molecular weight is 228 g/mol. The van der Waals surface area contributed by atoms with Crippen LogP contribution in [0.1, 0.15) is 6.92 Å². The molecule has 1 unspecified atom stereocenters. The van der Waals surface area contributed by atoms with E-state index in [-0.39, 0.29) is 31.2 Å². The second kappa shape index (κ2) is 7.78. The molecule has 1 atom stereocenters. The van der Waals surface area contributed by atoms with Gasteiger partial charge in [-0.1, -0.05) is 13.2 Å². The van der Waals surface area contributed by atoms with Gasteiger partial charge in [0.2, 0.25) is 0 Å². The third-order valence-electron chi connectivity index (χ3n) is 1.54. The minimum atomic E-state index is -0.957. The van der Waals surface area contributed by atoms with Crippen LogP contribution in [0.5, 0.6) is 0 Å². The van der Waals surface area contributed by atoms with E-state index in [4.69, 9.17) is 4.74 Å². The minimum Gasteiger partial charge on any atom is -0.460 e. The standard InChI is InChI=1S/C11H16O5/c1-4-9(12)5-15-6-10(13)7-16-11(14)8(2)3/h4,10,13H,1-2,5-7H2,3H3. The number of hydrogen-bond acceptors (Lipinski definition) is 5. The predicted octanol–water partition coefficient (Wildman–Crippen LogP) is 0.238. The summed E-state index contributed by atoms with van der Waals surface area (Å²) in [5.74, 6) is -0.840. The normalized spacial score (nSPS) is 11.6. The molecule has 0 bridgehead atoms. The van der Waals surface area contributed by atoms with Gasteiger partial charge >= 0.3 is 5.97 Å². The second-order valence-corrected chi connectivity index (χ2v) is 3.22. The van der Waals surface area contributed by atoms with Gasteiger partial charge in [0.1, 0.15) is 19.3 Å². The van der Waals surface area contributed by atoms with Gasteiger partial charge in [0.15, 0.2) is 5.78 Å². The zero-order valence-electron chi connectivity index (χ0n) is 9.27. The van der Waals surface area contributed by atoms with Gasteiger partial charge in [-0.05, 0) is 13.0 Å². The molecular weight excluding hydrogens is 212 g/mol. The lowest BCUT2D eigenvalue weighted by Gasteiger charge is -2.11. The van der Waals surface area contributed by atoms with Gasteiger partial charge in [0.25, 0.3) is 0 Å². The molecule has 0 amide bonds. The maximum Gasteiger partial charge on any atom is 0.333 e. The molecule has 16 heavy (non-hydrogen) atoms. The zero-order chi connectivity index (χ0) is 12.6. The van der Waals surface area contributed by atoms with Crippen LogP contribution in [0.3, 0.4) is 0 Å². The van der Waals surface area contributed by atoms with Crippen LogP contribution in [0.15, 0.2) is 24.8 Å². The first-order chi connectivity index (χ1) is 7.47. The third kappa shape index (κ3) is 6.92. The highest BCUT2D eigenvalue weighted by Gasteiger charge is 2.09. The molecule has 0 aromatic heterocycles. The van der Waals surface area contributed by atoms with Crippen molar-refractivity contribution in [3.63, 3.8) is 0 Å². The Morgan fingerprint density at radius 3 is 2.56 bits per heavy atom. The summed E-state index contributed by atoms with van der Waals surface area (Å²) in [5.41, 5.74) is 0.259. The van der Waals surface area contributed by atoms with Crippen LogP contribution in [0, 0.1) is 0 Å². The van der Waals surface area contributed by atoms with E-state index in [9.17, 15) is 14.7 Å². The lowest BCUT2D eigenvalue weighted by molar-refractivity contribution is -0.143. The number of carbonyl (C=O) groups is 2. The molecular formula is C11H16O5. The summed E-state index contributed by atoms with van der Waals surface area (Å²) < 4.78 is 9.53. The quantitative estimate of drug-likeness (QED) is 0.476. The van der Waals surface area contributed by atoms with Crippen molar-refractivity contribution in [2.45, 2.75) is 13.0 Å². The molecule has 0 aromatic rings. The van der Waals surface area contributed by atoms with E-state index >= 15 is 0 Å². The average Bonchev–Trinajstić information content (AvgIpc) is 2.25. The Balaban J connectivity index is 3.63. The summed E-state index contributed by atoms with van der Waals surface area (Å²) in [6, 6.07) is 0. The Hall–Kier alpha value is -1.46. The summed E-state index contributed by atoms with van der Waals surface area (Å²) >= 11 is 0. The van der Waals surface area contributed by atoms with Crippen molar-refractivity contribution in [3.8, 4) is 0 Å². The Labute approximate surface area is 94.4 Å². The molecule has 0 radical (unpaired) electrons. The van der Waals surface area contributed by atoms with Crippen molar-refractivity contribution >= 4 is 11.8 Å². The lowest BCUT2D eigenvalue weighted by Crippen LogP contribution is -2.25. The molecule has 5 heteroatoms. The number of aliphatic hydroxyl groups is 1. The first-order valence-corrected chi connectivity index (χ1v) is 4.71. The van der Waals surface area contributed by atoms with E-state index in [1.165, 1.54) is 6.92 Å². The van der Waals surface area contributed by atoms with Crippen molar-refractivity contribution in [2.75, 3.05) is 19.8 Å². The first-order valence-electron chi connectivity index (χ1n) is 4.71. The number of esters is 1. The van der Waals surface area contributed by atoms with Gasteiger partial charge in [-0.3, -0.25) is 4.79 Å². The van der Waals surface area contributed by atoms with E-state index in [1.807, 2.05) is 0 Å². The van der Waals surface area contributed by atoms with Crippen LogP contribution in [0.25, 0.3) is 0 Å². The molecule has 0 rings (SSSR count). The fourth-order valence-electron chi connectivity index (χ4n) is 0.698. The Bertz CT molecular complexity index is 282. The summed E-state index contributed by atoms with van der Waals surface area (Å²) in [6.45, 7) is 7.75. The van der Waals surface area contributed by atoms with Gasteiger partial charge < -0.3 is 14.6 Å². The van der Waals surface area contributed by atoms with Crippen molar-refractivity contribution in [3.05, 3.63) is 24.8 Å². The number of ketones is 1. The largest absolute Gasteiger partial charge is 0.460 e. The molecule has 0 spiro atoms. The number of rotatable bonds is 8. The SMILES string of the molecule is C=CC(=O)COCC(O)COC(=O)C(=C)C. The van der Waals surface area contributed by atoms with Crippen molar-refractivity contribution in [1.82, 2.24) is 0 Å². The number of hydrogen-bond donors (Lipinski definition) is 1. The van der Waals surface area contributed by atoms with Gasteiger partial charge in [0.05, 0.1) is 6.61 Å². The molecule has 0 aliphatic carbocycles. The highest BCUT2D eigenvalue weighted by atomic mass is 16.5. The third-order valence-corrected chi connectivity index (χ3v) is 1.54. The predicted molar refractivity (Wildman–Crippen MR) is 57.8 cm³/mol. The molecule has 0 aliphatic rings. The fraction of sp³-hybridized carbons (Fsp3) is 0.455. The molecule has 0 saturated carbocycles. The van der Waals surface area contributed by atoms with Crippen LogP contribution >= 0.6 is 0 Å². The van der Waals surface area contributed by atoms with Crippen LogP contribution in [-0.4, -0.2) is 42.8 Å². The molecule has 90 valence electrons. The molecule has 0 heterocycles. The maximum atomic E-state index is 10.9. The van der Waals surface area contributed by atoms with Gasteiger partial charge in [0, 0.05) is 5.57 Å². The van der Waals surface area contributed by atoms with Crippen LogP contribution in [0.2, 0.25) is 0 Å². The summed E-state index contributed by atoms with van der Waals surface area (Å²) in [4.78, 5) is 21.7. The van der Waals surface area contributed by atoms with E-state index in [1.54, 1.807) is 0 Å². The van der Waals surface area contributed by atoms with Crippen molar-refractivity contribution < 1.29 is 24.2 Å². The lowest BCUT2D eigenvalue weighted by atomic mass is 10.3. The van der Waals surface area contributed by atoms with Crippen LogP contribution < -0.4 is 0 Å². The summed E-state index contributed by atoms with van der Waals surface area (Å²) in [7, 11) is 0. The maximum absolute atomic E-state index is 10.9. The number of ether oxygens (including phenoxy) is 2. The van der Waals surface area contributed by atoms with Crippen LogP contribution in [0.4, 0.5) is 0 Å². The Morgan fingerprint density at radius 1 is 1.44 bits per heavy atom. The van der Waals surface area contributed by atoms with Gasteiger partial charge in [-0.25, -0.2) is 4.79 Å². The molecule has 0 aliphatic heterocycles. The first kappa shape index (κ1) is 14.5. The Kier molecular flexibility index (Phi) is 7.07. The summed E-state index contributed by atoms with van der Waals surface area (Å²) in [5, 5.41) is 9.30. The van der Waals surface area contributed by atoms with Crippen LogP contribution in [-0.2, 0) is 19.1 Å². The summed E-state index contributed by atoms with van der Waals surface area (Å²) in [6.07, 6.45) is 0.175. The smallest absolute Gasteiger partial charge is 0.333 e. The minimum absolute atomic E-state index is 0.0803. The highest BCUT2D eigenvalue weighted by molar-refractivity contribution is 5.90. The zero-order valence-corrected chi connectivity index (χ0v) is 9.27. The molecule has 0 saturated heterocycles. The van der Waals surface area contributed by atoms with Crippen molar-refractivity contribution in [1.29, 1.82) is 0 Å². The van der Waals surface area contributed by atoms with E-state index in [0.717, 1.165) is 6.08 Å². The number of aliphatic hydroxyl groups excluding tert-OH is 1. The van der Waals surface area contributed by atoms with Crippen molar-refractivity contribution in [2.24, 2.45) is 0 Å². The molecule has 5 nitrogen and oxygen atoms in total. The van der Waals surface area contributed by atoms with E-state index in [0.29, 0.717) is 0 Å².